The Morgan fingerprint density at radius 3 is 2.56 bits per heavy atom. The molecule has 0 aliphatic carbocycles. The Labute approximate surface area is 196 Å². The molecule has 1 aliphatic rings. The first-order valence-electron chi connectivity index (χ1n) is 11.1. The highest BCUT2D eigenvalue weighted by Crippen LogP contribution is 2.35. The van der Waals surface area contributed by atoms with Crippen molar-refractivity contribution in [2.24, 2.45) is 0 Å². The molecule has 2 atom stereocenters. The van der Waals surface area contributed by atoms with E-state index >= 15 is 0 Å². The second kappa shape index (κ2) is 10.2. The summed E-state index contributed by atoms with van der Waals surface area (Å²) >= 11 is 0. The predicted molar refractivity (Wildman–Crippen MR) is 125 cm³/mol. The normalized spacial score (nSPS) is 13.8. The number of aliphatic carboxylic acids is 1. The lowest BCUT2D eigenvalue weighted by molar-refractivity contribution is -0.137. The molecule has 0 saturated carbocycles. The summed E-state index contributed by atoms with van der Waals surface area (Å²) in [5.74, 6) is -0.417. The van der Waals surface area contributed by atoms with Gasteiger partial charge in [0.2, 0.25) is 12.7 Å². The van der Waals surface area contributed by atoms with E-state index in [4.69, 9.17) is 9.47 Å². The Morgan fingerprint density at radius 1 is 1.06 bits per heavy atom. The van der Waals surface area contributed by atoms with Gasteiger partial charge in [0.05, 0.1) is 12.5 Å². The predicted octanol–water partition coefficient (Wildman–Crippen LogP) is 3.45. The van der Waals surface area contributed by atoms with Crippen molar-refractivity contribution in [1.82, 2.24) is 9.88 Å². The summed E-state index contributed by atoms with van der Waals surface area (Å²) in [6.45, 7) is 1.90. The number of pyridine rings is 1. The van der Waals surface area contributed by atoms with Gasteiger partial charge < -0.3 is 24.5 Å². The van der Waals surface area contributed by atoms with Gasteiger partial charge >= 0.3 is 5.97 Å². The first kappa shape index (κ1) is 23.1. The zero-order valence-electron chi connectivity index (χ0n) is 18.8. The molecule has 0 fully saturated rings. The summed E-state index contributed by atoms with van der Waals surface area (Å²) < 4.78 is 12.1. The molecule has 2 N–H and O–H groups in total. The molecule has 8 nitrogen and oxygen atoms in total. The van der Waals surface area contributed by atoms with Gasteiger partial charge in [-0.15, -0.1) is 0 Å². The van der Waals surface area contributed by atoms with E-state index in [0.717, 1.165) is 5.56 Å². The number of amides is 1. The van der Waals surface area contributed by atoms with E-state index in [1.165, 1.54) is 4.57 Å². The highest BCUT2D eigenvalue weighted by molar-refractivity contribution is 5.81. The van der Waals surface area contributed by atoms with Gasteiger partial charge in [-0.05, 0) is 35.7 Å². The Hall–Kier alpha value is -4.07. The second-order valence-electron chi connectivity index (χ2n) is 8.10. The molecule has 3 aromatic rings. The van der Waals surface area contributed by atoms with Crippen molar-refractivity contribution in [2.75, 3.05) is 6.79 Å². The minimum atomic E-state index is -1.06. The van der Waals surface area contributed by atoms with Crippen LogP contribution >= 0.6 is 0 Å². The number of hydrogen-bond donors (Lipinski definition) is 2. The minimum absolute atomic E-state index is 0.0922. The monoisotopic (exact) mass is 462 g/mol. The number of carboxylic acid groups (broad SMARTS) is 1. The lowest BCUT2D eigenvalue weighted by Crippen LogP contribution is -2.39. The topological polar surface area (TPSA) is 107 Å². The van der Waals surface area contributed by atoms with Gasteiger partial charge in [-0.3, -0.25) is 14.4 Å². The number of benzene rings is 2. The SMILES string of the molecule is CCC(C(=O)N[C@@H](CC(=O)O)c1ccc2c(c1)OCO2)n1cccc(Cc2ccccc2)c1=O. The van der Waals surface area contributed by atoms with Crippen LogP contribution in [0.25, 0.3) is 0 Å². The van der Waals surface area contributed by atoms with Gasteiger partial charge in [-0.2, -0.15) is 0 Å². The van der Waals surface area contributed by atoms with Crippen LogP contribution in [-0.4, -0.2) is 28.3 Å². The van der Waals surface area contributed by atoms with Gasteiger partial charge in [0.15, 0.2) is 11.5 Å². The number of carboxylic acids is 1. The molecular weight excluding hydrogens is 436 g/mol. The largest absolute Gasteiger partial charge is 0.481 e. The average molecular weight is 463 g/mol. The number of fused-ring (bicyclic) bond motifs is 1. The van der Waals surface area contributed by atoms with Crippen molar-refractivity contribution in [2.45, 2.75) is 38.3 Å². The van der Waals surface area contributed by atoms with Gasteiger partial charge in [0.25, 0.3) is 5.56 Å². The number of aromatic nitrogens is 1. The van der Waals surface area contributed by atoms with Crippen molar-refractivity contribution in [3.63, 3.8) is 0 Å². The Morgan fingerprint density at radius 2 is 1.82 bits per heavy atom. The molecule has 8 heteroatoms. The molecule has 1 amide bonds. The standard InChI is InChI=1S/C26H26N2O6/c1-2-21(28-12-6-9-19(26(28)32)13-17-7-4-3-5-8-17)25(31)27-20(15-24(29)30)18-10-11-22-23(14-18)34-16-33-22/h3-12,14,20-21H,2,13,15-16H2,1H3,(H,27,31)(H,29,30)/t20-,21?/m0/s1. The molecule has 1 unspecified atom stereocenters. The molecule has 1 aromatic heterocycles. The lowest BCUT2D eigenvalue weighted by Gasteiger charge is -2.23. The molecule has 0 bridgehead atoms. The fourth-order valence-electron chi connectivity index (χ4n) is 4.09. The molecule has 4 rings (SSSR count). The third kappa shape index (κ3) is 5.11. The van der Waals surface area contributed by atoms with Crippen LogP contribution < -0.4 is 20.3 Å². The minimum Gasteiger partial charge on any atom is -0.481 e. The number of carbonyl (C=O) groups is 2. The smallest absolute Gasteiger partial charge is 0.305 e. The number of ether oxygens (including phenoxy) is 2. The summed E-state index contributed by atoms with van der Waals surface area (Å²) in [4.78, 5) is 38.0. The average Bonchev–Trinajstić information content (AvgIpc) is 3.30. The van der Waals surface area contributed by atoms with Gasteiger partial charge in [0, 0.05) is 18.2 Å². The van der Waals surface area contributed by atoms with E-state index in [-0.39, 0.29) is 18.8 Å². The van der Waals surface area contributed by atoms with Crippen molar-refractivity contribution in [3.8, 4) is 11.5 Å². The molecule has 0 radical (unpaired) electrons. The summed E-state index contributed by atoms with van der Waals surface area (Å²) in [5, 5.41) is 12.2. The molecule has 0 saturated heterocycles. The maximum atomic E-state index is 13.3. The van der Waals surface area contributed by atoms with Crippen molar-refractivity contribution < 1.29 is 24.2 Å². The van der Waals surface area contributed by atoms with Crippen molar-refractivity contribution in [3.05, 3.63) is 93.9 Å². The molecule has 2 aromatic carbocycles. The Kier molecular flexibility index (Phi) is 6.96. The van der Waals surface area contributed by atoms with Gasteiger partial charge in [-0.1, -0.05) is 49.4 Å². The van der Waals surface area contributed by atoms with Crippen LogP contribution in [0.1, 0.15) is 48.5 Å². The van der Waals surface area contributed by atoms with E-state index in [1.807, 2.05) is 37.3 Å². The highest BCUT2D eigenvalue weighted by Gasteiger charge is 2.26. The number of hydrogen-bond acceptors (Lipinski definition) is 5. The summed E-state index contributed by atoms with van der Waals surface area (Å²) in [6.07, 6.45) is 2.10. The van der Waals surface area contributed by atoms with E-state index < -0.39 is 24.0 Å². The Balaban J connectivity index is 1.58. The maximum absolute atomic E-state index is 13.3. The Bertz CT molecular complexity index is 1240. The zero-order valence-corrected chi connectivity index (χ0v) is 18.8. The van der Waals surface area contributed by atoms with E-state index in [0.29, 0.717) is 35.5 Å². The van der Waals surface area contributed by atoms with Gasteiger partial charge in [0.1, 0.15) is 6.04 Å². The molecule has 1 aliphatic heterocycles. The van der Waals surface area contributed by atoms with E-state index in [9.17, 15) is 19.5 Å². The van der Waals surface area contributed by atoms with E-state index in [1.54, 1.807) is 36.5 Å². The third-order valence-corrected chi connectivity index (χ3v) is 5.81. The number of rotatable bonds is 9. The van der Waals surface area contributed by atoms with Crippen molar-refractivity contribution in [1.29, 1.82) is 0 Å². The van der Waals surface area contributed by atoms with Crippen LogP contribution in [-0.2, 0) is 16.0 Å². The number of nitrogens with one attached hydrogen (secondary N) is 1. The van der Waals surface area contributed by atoms with Crippen LogP contribution in [0.5, 0.6) is 11.5 Å². The number of carbonyl (C=O) groups excluding carboxylic acids is 1. The van der Waals surface area contributed by atoms with Crippen LogP contribution in [0, 0.1) is 0 Å². The van der Waals surface area contributed by atoms with Crippen LogP contribution in [0.15, 0.2) is 71.7 Å². The summed E-state index contributed by atoms with van der Waals surface area (Å²) in [7, 11) is 0. The second-order valence-corrected chi connectivity index (χ2v) is 8.10. The van der Waals surface area contributed by atoms with E-state index in [2.05, 4.69) is 5.32 Å². The molecular formula is C26H26N2O6. The van der Waals surface area contributed by atoms with Crippen LogP contribution in [0.2, 0.25) is 0 Å². The fourth-order valence-corrected chi connectivity index (χ4v) is 4.09. The zero-order chi connectivity index (χ0) is 24.1. The van der Waals surface area contributed by atoms with Crippen molar-refractivity contribution >= 4 is 11.9 Å². The first-order valence-corrected chi connectivity index (χ1v) is 11.1. The fraction of sp³-hybridized carbons (Fsp3) is 0.269. The lowest BCUT2D eigenvalue weighted by atomic mass is 10.0. The molecule has 176 valence electrons. The summed E-state index contributed by atoms with van der Waals surface area (Å²) in [6, 6.07) is 16.6. The first-order chi connectivity index (χ1) is 16.5. The summed E-state index contributed by atoms with van der Waals surface area (Å²) in [5.41, 5.74) is 1.92. The highest BCUT2D eigenvalue weighted by atomic mass is 16.7. The molecule has 2 heterocycles. The maximum Gasteiger partial charge on any atom is 0.305 e. The number of nitrogens with zero attached hydrogens (tertiary/aromatic N) is 1. The molecule has 34 heavy (non-hydrogen) atoms. The van der Waals surface area contributed by atoms with Crippen LogP contribution in [0.4, 0.5) is 0 Å². The molecule has 0 spiro atoms. The van der Waals surface area contributed by atoms with Gasteiger partial charge in [-0.25, -0.2) is 0 Å². The quantitative estimate of drug-likeness (QED) is 0.505. The van der Waals surface area contributed by atoms with Crippen LogP contribution in [0.3, 0.4) is 0 Å². The third-order valence-electron chi connectivity index (χ3n) is 5.81.